The molecule has 0 bridgehead atoms. The van der Waals surface area contributed by atoms with Crippen molar-refractivity contribution < 1.29 is 13.6 Å². The molecule has 156 valence electrons. The summed E-state index contributed by atoms with van der Waals surface area (Å²) in [5, 5.41) is 2.52. The zero-order valence-corrected chi connectivity index (χ0v) is 16.9. The third kappa shape index (κ3) is 4.92. The largest absolute Gasteiger partial charge is 0.348 e. The number of nitrogens with zero attached hydrogens (tertiary/aromatic N) is 1. The van der Waals surface area contributed by atoms with Crippen molar-refractivity contribution in [3.05, 3.63) is 68.6 Å². The van der Waals surface area contributed by atoms with Gasteiger partial charge in [0, 0.05) is 24.3 Å². The van der Waals surface area contributed by atoms with E-state index in [4.69, 9.17) is 0 Å². The molecule has 0 spiro atoms. The Morgan fingerprint density at radius 1 is 1.10 bits per heavy atom. The minimum atomic E-state index is -0.719. The first-order valence-electron chi connectivity index (χ1n) is 10.5. The van der Waals surface area contributed by atoms with Crippen molar-refractivity contribution in [2.75, 3.05) is 0 Å². The Kier molecular flexibility index (Phi) is 7.18. The molecule has 29 heavy (non-hydrogen) atoms. The molecule has 0 saturated heterocycles. The van der Waals surface area contributed by atoms with E-state index in [-0.39, 0.29) is 23.2 Å². The minimum Gasteiger partial charge on any atom is -0.348 e. The van der Waals surface area contributed by atoms with Crippen LogP contribution in [0, 0.1) is 11.6 Å². The van der Waals surface area contributed by atoms with E-state index in [0.717, 1.165) is 74.8 Å². The lowest BCUT2D eigenvalue weighted by atomic mass is 9.95. The predicted octanol–water partition coefficient (Wildman–Crippen LogP) is 4.52. The van der Waals surface area contributed by atoms with Gasteiger partial charge in [0.05, 0.1) is 0 Å². The van der Waals surface area contributed by atoms with Gasteiger partial charge < -0.3 is 9.88 Å². The van der Waals surface area contributed by atoms with Gasteiger partial charge in [-0.05, 0) is 55.9 Å². The predicted molar refractivity (Wildman–Crippen MR) is 109 cm³/mol. The molecule has 0 unspecified atom stereocenters. The number of fused-ring (bicyclic) bond motifs is 1. The standard InChI is InChI=1S/C23H28F2N2O2/c1-2-3-13-27-21-12-7-5-4-6-9-16(21)14-17(23(27)29)22(28)26-15-18-19(24)10-8-11-20(18)25/h8,10-11,14H,2-7,9,12-13,15H2,1H3,(H,26,28). The molecule has 0 fully saturated rings. The molecule has 1 aliphatic rings. The second-order valence-corrected chi connectivity index (χ2v) is 7.64. The van der Waals surface area contributed by atoms with Crippen LogP contribution in [0.15, 0.2) is 29.1 Å². The summed E-state index contributed by atoms with van der Waals surface area (Å²) < 4.78 is 29.4. The van der Waals surface area contributed by atoms with Crippen LogP contribution in [0.3, 0.4) is 0 Å². The van der Waals surface area contributed by atoms with Crippen molar-refractivity contribution in [2.24, 2.45) is 0 Å². The Bertz CT molecular complexity index is 917. The number of aromatic nitrogens is 1. The highest BCUT2D eigenvalue weighted by Gasteiger charge is 2.20. The summed E-state index contributed by atoms with van der Waals surface area (Å²) in [5.41, 5.74) is 1.61. The zero-order chi connectivity index (χ0) is 20.8. The number of amides is 1. The van der Waals surface area contributed by atoms with E-state index in [2.05, 4.69) is 12.2 Å². The molecule has 0 atom stereocenters. The summed E-state index contributed by atoms with van der Waals surface area (Å²) in [4.78, 5) is 25.8. The number of aryl methyl sites for hydroxylation is 1. The van der Waals surface area contributed by atoms with Gasteiger partial charge >= 0.3 is 0 Å². The van der Waals surface area contributed by atoms with Crippen molar-refractivity contribution in [2.45, 2.75) is 71.4 Å². The fraction of sp³-hybridized carbons (Fsp3) is 0.478. The minimum absolute atomic E-state index is 0.0529. The number of pyridine rings is 1. The molecule has 6 heteroatoms. The van der Waals surface area contributed by atoms with E-state index in [9.17, 15) is 18.4 Å². The van der Waals surface area contributed by atoms with E-state index in [1.807, 2.05) is 0 Å². The van der Waals surface area contributed by atoms with Gasteiger partial charge in [0.2, 0.25) is 0 Å². The van der Waals surface area contributed by atoms with Crippen LogP contribution < -0.4 is 10.9 Å². The monoisotopic (exact) mass is 402 g/mol. The number of unbranched alkanes of at least 4 members (excludes halogenated alkanes) is 1. The molecule has 1 aromatic carbocycles. The third-order valence-electron chi connectivity index (χ3n) is 5.57. The van der Waals surface area contributed by atoms with E-state index in [1.54, 1.807) is 10.6 Å². The SMILES string of the molecule is CCCCn1c2c(cc(C(=O)NCc3c(F)cccc3F)c1=O)CCCCCC2. The van der Waals surface area contributed by atoms with Gasteiger partial charge in [-0.25, -0.2) is 8.78 Å². The van der Waals surface area contributed by atoms with E-state index in [1.165, 1.54) is 6.07 Å². The molecule has 4 nitrogen and oxygen atoms in total. The van der Waals surface area contributed by atoms with Crippen LogP contribution in [-0.4, -0.2) is 10.5 Å². The van der Waals surface area contributed by atoms with Crippen molar-refractivity contribution >= 4 is 5.91 Å². The maximum Gasteiger partial charge on any atom is 0.263 e. The fourth-order valence-corrected chi connectivity index (χ4v) is 3.91. The van der Waals surface area contributed by atoms with Crippen molar-refractivity contribution in [3.63, 3.8) is 0 Å². The number of rotatable bonds is 6. The molecule has 1 N–H and O–H groups in total. The Hall–Kier alpha value is -2.50. The molecule has 2 aromatic rings. The molecule has 0 saturated carbocycles. The number of carbonyl (C=O) groups excluding carboxylic acids is 1. The molecule has 1 aliphatic carbocycles. The van der Waals surface area contributed by atoms with Crippen LogP contribution in [-0.2, 0) is 25.9 Å². The molecule has 0 radical (unpaired) electrons. The van der Waals surface area contributed by atoms with Gasteiger partial charge in [-0.1, -0.05) is 32.3 Å². The number of halogens is 2. The Morgan fingerprint density at radius 2 is 1.79 bits per heavy atom. The van der Waals surface area contributed by atoms with Crippen LogP contribution in [0.2, 0.25) is 0 Å². The number of hydrogen-bond acceptors (Lipinski definition) is 2. The lowest BCUT2D eigenvalue weighted by Crippen LogP contribution is -2.35. The second kappa shape index (κ2) is 9.81. The first kappa shape index (κ1) is 21.2. The number of benzene rings is 1. The van der Waals surface area contributed by atoms with Gasteiger partial charge in [0.25, 0.3) is 11.5 Å². The average Bonchev–Trinajstić information content (AvgIpc) is 2.67. The molecular formula is C23H28F2N2O2. The third-order valence-corrected chi connectivity index (χ3v) is 5.57. The summed E-state index contributed by atoms with van der Waals surface area (Å²) in [6, 6.07) is 5.26. The van der Waals surface area contributed by atoms with Gasteiger partial charge in [0.15, 0.2) is 0 Å². The smallest absolute Gasteiger partial charge is 0.263 e. The number of hydrogen-bond donors (Lipinski definition) is 1. The van der Waals surface area contributed by atoms with Crippen molar-refractivity contribution in [1.82, 2.24) is 9.88 Å². The molecule has 0 aliphatic heterocycles. The summed E-state index contributed by atoms with van der Waals surface area (Å²) in [6.07, 6.45) is 7.85. The molecule has 1 aromatic heterocycles. The Morgan fingerprint density at radius 3 is 2.48 bits per heavy atom. The summed E-state index contributed by atoms with van der Waals surface area (Å²) in [6.45, 7) is 2.35. The van der Waals surface area contributed by atoms with Crippen LogP contribution in [0.4, 0.5) is 8.78 Å². The molecule has 1 heterocycles. The first-order valence-corrected chi connectivity index (χ1v) is 10.5. The number of carbonyl (C=O) groups is 1. The van der Waals surface area contributed by atoms with Crippen LogP contribution >= 0.6 is 0 Å². The Labute approximate surface area is 169 Å². The van der Waals surface area contributed by atoms with Gasteiger partial charge in [-0.3, -0.25) is 9.59 Å². The lowest BCUT2D eigenvalue weighted by Gasteiger charge is -2.21. The van der Waals surface area contributed by atoms with Gasteiger partial charge in [-0.15, -0.1) is 0 Å². The lowest BCUT2D eigenvalue weighted by molar-refractivity contribution is 0.0948. The van der Waals surface area contributed by atoms with Gasteiger partial charge in [-0.2, -0.15) is 0 Å². The van der Waals surface area contributed by atoms with Gasteiger partial charge in [0.1, 0.15) is 17.2 Å². The topological polar surface area (TPSA) is 51.1 Å². The molecule has 1 amide bonds. The summed E-state index contributed by atoms with van der Waals surface area (Å²) >= 11 is 0. The van der Waals surface area contributed by atoms with Crippen LogP contribution in [0.5, 0.6) is 0 Å². The molecule has 3 rings (SSSR count). The van der Waals surface area contributed by atoms with E-state index >= 15 is 0 Å². The zero-order valence-electron chi connectivity index (χ0n) is 16.9. The van der Waals surface area contributed by atoms with E-state index < -0.39 is 17.5 Å². The highest BCUT2D eigenvalue weighted by molar-refractivity contribution is 5.94. The van der Waals surface area contributed by atoms with Crippen molar-refractivity contribution in [1.29, 1.82) is 0 Å². The molecular weight excluding hydrogens is 374 g/mol. The maximum absolute atomic E-state index is 13.8. The fourth-order valence-electron chi connectivity index (χ4n) is 3.91. The number of nitrogens with one attached hydrogen (secondary N) is 1. The van der Waals surface area contributed by atoms with Crippen molar-refractivity contribution in [3.8, 4) is 0 Å². The quantitative estimate of drug-likeness (QED) is 0.773. The maximum atomic E-state index is 13.8. The van der Waals surface area contributed by atoms with Crippen LogP contribution in [0.25, 0.3) is 0 Å². The summed E-state index contributed by atoms with van der Waals surface area (Å²) in [7, 11) is 0. The highest BCUT2D eigenvalue weighted by atomic mass is 19.1. The Balaban J connectivity index is 1.92. The normalized spacial score (nSPS) is 14.0. The second-order valence-electron chi connectivity index (χ2n) is 7.64. The summed E-state index contributed by atoms with van der Waals surface area (Å²) in [5.74, 6) is -2.03. The van der Waals surface area contributed by atoms with E-state index in [0.29, 0.717) is 6.54 Å². The highest BCUT2D eigenvalue weighted by Crippen LogP contribution is 2.21. The first-order chi connectivity index (χ1) is 14.0. The average molecular weight is 402 g/mol. The van der Waals surface area contributed by atoms with Crippen LogP contribution in [0.1, 0.15) is 72.6 Å².